The van der Waals surface area contributed by atoms with Crippen molar-refractivity contribution < 1.29 is 9.53 Å². The largest absolute Gasteiger partial charge is 0.444 e. The molecule has 0 saturated carbocycles. The van der Waals surface area contributed by atoms with Crippen LogP contribution in [0.2, 0.25) is 0 Å². The van der Waals surface area contributed by atoms with Crippen LogP contribution >= 0.6 is 11.3 Å². The van der Waals surface area contributed by atoms with Crippen LogP contribution in [-0.4, -0.2) is 29.8 Å². The fourth-order valence-corrected chi connectivity index (χ4v) is 2.40. The van der Waals surface area contributed by atoms with Gasteiger partial charge in [-0.1, -0.05) is 0 Å². The van der Waals surface area contributed by atoms with Crippen molar-refractivity contribution in [2.24, 2.45) is 0 Å². The second-order valence-electron chi connectivity index (χ2n) is 5.79. The lowest BCUT2D eigenvalue weighted by Crippen LogP contribution is -2.34. The molecule has 1 aromatic rings. The van der Waals surface area contributed by atoms with Crippen molar-refractivity contribution in [3.63, 3.8) is 0 Å². The van der Waals surface area contributed by atoms with E-state index in [9.17, 15) is 4.79 Å². The molecule has 0 fully saturated rings. The minimum atomic E-state index is -0.445. The maximum atomic E-state index is 11.4. The van der Waals surface area contributed by atoms with Crippen LogP contribution in [0.1, 0.15) is 50.9 Å². The summed E-state index contributed by atoms with van der Waals surface area (Å²) < 4.78 is 5.16. The molecule has 2 N–H and O–H groups in total. The molecule has 0 aromatic carbocycles. The molecular formula is C14H25N3O2S. The highest BCUT2D eigenvalue weighted by atomic mass is 32.1. The molecule has 0 aliphatic carbocycles. The minimum Gasteiger partial charge on any atom is -0.444 e. The lowest BCUT2D eigenvalue weighted by atomic mass is 10.2. The average molecular weight is 299 g/mol. The van der Waals surface area contributed by atoms with Crippen LogP contribution in [0.15, 0.2) is 5.38 Å². The molecule has 0 aliphatic heterocycles. The van der Waals surface area contributed by atoms with Crippen LogP contribution in [-0.2, 0) is 4.74 Å². The number of nitrogens with zero attached hydrogens (tertiary/aromatic N) is 1. The number of nitrogens with one attached hydrogen (secondary N) is 2. The first-order valence-electron chi connectivity index (χ1n) is 6.90. The third-order valence-corrected chi connectivity index (χ3v) is 3.62. The average Bonchev–Trinajstić information content (AvgIpc) is 2.73. The summed E-state index contributed by atoms with van der Waals surface area (Å²) in [6.07, 6.45) is 0.495. The molecule has 6 heteroatoms. The molecule has 1 atom stereocenters. The molecule has 0 saturated heterocycles. The molecule has 1 unspecified atom stereocenters. The number of aromatic nitrogens is 1. The van der Waals surface area contributed by atoms with E-state index in [-0.39, 0.29) is 12.1 Å². The third kappa shape index (κ3) is 6.86. The van der Waals surface area contributed by atoms with E-state index < -0.39 is 5.60 Å². The van der Waals surface area contributed by atoms with Gasteiger partial charge >= 0.3 is 6.09 Å². The van der Waals surface area contributed by atoms with Gasteiger partial charge in [-0.05, 0) is 47.6 Å². The summed E-state index contributed by atoms with van der Waals surface area (Å²) in [6, 6.07) is 0.246. The number of rotatable bonds is 6. The van der Waals surface area contributed by atoms with Gasteiger partial charge in [0.1, 0.15) is 10.6 Å². The van der Waals surface area contributed by atoms with Gasteiger partial charge in [-0.3, -0.25) is 0 Å². The molecule has 0 radical (unpaired) electrons. The fourth-order valence-electron chi connectivity index (χ4n) is 1.57. The molecule has 0 bridgehead atoms. The van der Waals surface area contributed by atoms with Crippen LogP contribution in [0.5, 0.6) is 0 Å². The molecule has 5 nitrogen and oxygen atoms in total. The molecule has 1 heterocycles. The Morgan fingerprint density at radius 2 is 2.15 bits per heavy atom. The number of carbonyl (C=O) groups excluding carboxylic acids is 1. The summed E-state index contributed by atoms with van der Waals surface area (Å²) in [5, 5.41) is 9.29. The summed E-state index contributed by atoms with van der Waals surface area (Å²) >= 11 is 1.67. The number of amides is 1. The SMILES string of the molecule is Cc1csc(C(C)NCCCNC(=O)OC(C)(C)C)n1. The summed E-state index contributed by atoms with van der Waals surface area (Å²) in [4.78, 5) is 15.9. The van der Waals surface area contributed by atoms with Crippen molar-refractivity contribution >= 4 is 17.4 Å². The summed E-state index contributed by atoms with van der Waals surface area (Å²) in [7, 11) is 0. The van der Waals surface area contributed by atoms with Crippen LogP contribution in [0, 0.1) is 6.92 Å². The number of carbonyl (C=O) groups is 1. The Labute approximate surface area is 125 Å². The lowest BCUT2D eigenvalue weighted by Gasteiger charge is -2.19. The van der Waals surface area contributed by atoms with Crippen LogP contribution in [0.3, 0.4) is 0 Å². The van der Waals surface area contributed by atoms with Gasteiger partial charge < -0.3 is 15.4 Å². The molecule has 1 rings (SSSR count). The third-order valence-electron chi connectivity index (χ3n) is 2.48. The number of ether oxygens (including phenoxy) is 1. The van der Waals surface area contributed by atoms with E-state index in [0.29, 0.717) is 6.54 Å². The van der Waals surface area contributed by atoms with Gasteiger partial charge in [-0.2, -0.15) is 0 Å². The number of alkyl carbamates (subject to hydrolysis) is 1. The molecule has 0 spiro atoms. The molecular weight excluding hydrogens is 274 g/mol. The highest BCUT2D eigenvalue weighted by Gasteiger charge is 2.15. The van der Waals surface area contributed by atoms with E-state index in [1.54, 1.807) is 11.3 Å². The Kier molecular flexibility index (Phi) is 6.42. The van der Waals surface area contributed by atoms with Crippen molar-refractivity contribution in [1.29, 1.82) is 0 Å². The lowest BCUT2D eigenvalue weighted by molar-refractivity contribution is 0.0527. The Bertz CT molecular complexity index is 426. The van der Waals surface area contributed by atoms with Crippen molar-refractivity contribution in [3.05, 3.63) is 16.1 Å². The highest BCUT2D eigenvalue weighted by molar-refractivity contribution is 7.09. The monoisotopic (exact) mass is 299 g/mol. The first kappa shape index (κ1) is 16.9. The Hall–Kier alpha value is -1.14. The Balaban J connectivity index is 2.12. The standard InChI is InChI=1S/C14H25N3O2S/c1-10-9-20-12(17-10)11(2)15-7-6-8-16-13(18)19-14(3,4)5/h9,11,15H,6-8H2,1-5H3,(H,16,18). The Morgan fingerprint density at radius 3 is 2.70 bits per heavy atom. The first-order chi connectivity index (χ1) is 9.28. The maximum absolute atomic E-state index is 11.4. The maximum Gasteiger partial charge on any atom is 0.407 e. The van der Waals surface area contributed by atoms with Crippen LogP contribution < -0.4 is 10.6 Å². The van der Waals surface area contributed by atoms with Crippen LogP contribution in [0.25, 0.3) is 0 Å². The molecule has 1 amide bonds. The van der Waals surface area contributed by atoms with E-state index in [0.717, 1.165) is 23.7 Å². The van der Waals surface area contributed by atoms with Crippen LogP contribution in [0.4, 0.5) is 4.79 Å². The van der Waals surface area contributed by atoms with Crippen molar-refractivity contribution in [3.8, 4) is 0 Å². The van der Waals surface area contributed by atoms with Crippen molar-refractivity contribution in [2.75, 3.05) is 13.1 Å². The zero-order chi connectivity index (χ0) is 15.2. The predicted octanol–water partition coefficient (Wildman–Crippen LogP) is 3.02. The Morgan fingerprint density at radius 1 is 1.45 bits per heavy atom. The van der Waals surface area contributed by atoms with Gasteiger partial charge in [0.15, 0.2) is 0 Å². The van der Waals surface area contributed by atoms with E-state index in [1.165, 1.54) is 0 Å². The molecule has 0 aliphatic rings. The van der Waals surface area contributed by atoms with Gasteiger partial charge in [-0.25, -0.2) is 9.78 Å². The van der Waals surface area contributed by atoms with Gasteiger partial charge in [0.2, 0.25) is 0 Å². The van der Waals surface area contributed by atoms with Gasteiger partial charge in [0.05, 0.1) is 6.04 Å². The van der Waals surface area contributed by atoms with E-state index in [2.05, 4.69) is 27.9 Å². The number of aryl methyl sites for hydroxylation is 1. The summed E-state index contributed by atoms with van der Waals surface area (Å²) in [5.41, 5.74) is 0.616. The van der Waals surface area contributed by atoms with E-state index in [4.69, 9.17) is 4.74 Å². The van der Waals surface area contributed by atoms with Crippen molar-refractivity contribution in [1.82, 2.24) is 15.6 Å². The predicted molar refractivity (Wildman–Crippen MR) is 82.1 cm³/mol. The zero-order valence-electron chi connectivity index (χ0n) is 12.9. The van der Waals surface area contributed by atoms with Crippen molar-refractivity contribution in [2.45, 2.75) is 52.7 Å². The summed E-state index contributed by atoms with van der Waals surface area (Å²) in [6.45, 7) is 11.1. The van der Waals surface area contributed by atoms with Gasteiger partial charge in [0, 0.05) is 17.6 Å². The van der Waals surface area contributed by atoms with E-state index in [1.807, 2.05) is 27.7 Å². The second kappa shape index (κ2) is 7.59. The topological polar surface area (TPSA) is 63.2 Å². The molecule has 114 valence electrons. The van der Waals surface area contributed by atoms with Gasteiger partial charge in [-0.15, -0.1) is 11.3 Å². The fraction of sp³-hybridized carbons (Fsp3) is 0.714. The normalized spacial score (nSPS) is 13.1. The number of hydrogen-bond donors (Lipinski definition) is 2. The minimum absolute atomic E-state index is 0.246. The molecule has 20 heavy (non-hydrogen) atoms. The second-order valence-corrected chi connectivity index (χ2v) is 6.67. The summed E-state index contributed by atoms with van der Waals surface area (Å²) in [5.74, 6) is 0. The molecule has 1 aromatic heterocycles. The first-order valence-corrected chi connectivity index (χ1v) is 7.78. The number of hydrogen-bond acceptors (Lipinski definition) is 5. The van der Waals surface area contributed by atoms with E-state index >= 15 is 0 Å². The smallest absolute Gasteiger partial charge is 0.407 e. The van der Waals surface area contributed by atoms with Gasteiger partial charge in [0.25, 0.3) is 0 Å². The highest BCUT2D eigenvalue weighted by Crippen LogP contribution is 2.16. The zero-order valence-corrected chi connectivity index (χ0v) is 13.8. The number of thiazole rings is 1. The quantitative estimate of drug-likeness (QED) is 0.793.